The van der Waals surface area contributed by atoms with Crippen LogP contribution in [0.25, 0.3) is 0 Å². The van der Waals surface area contributed by atoms with Crippen LogP contribution in [0.3, 0.4) is 0 Å². The van der Waals surface area contributed by atoms with E-state index in [9.17, 15) is 40.1 Å². The lowest BCUT2D eigenvalue weighted by atomic mass is 9.87. The van der Waals surface area contributed by atoms with E-state index in [-0.39, 0.29) is 12.8 Å². The highest BCUT2D eigenvalue weighted by molar-refractivity contribution is 14.1. The number of carbonyl (C=O) groups excluding carboxylic acids is 2. The monoisotopic (exact) mass is 853 g/mol. The minimum Gasteiger partial charge on any atom is -0.744 e. The standard InChI is InChI=1S/C20H13F4I3O7S/c21-12-14(23)18(35(30,31)32)15(24)13(22)17(12)34-19(28)7-2-1-3-9(4-7)33-20(29)10-5-8(25)6-11(26)16(10)27/h5-7,9H,1-4H2,(H,30,31,32)/p-1. The third-order valence-electron chi connectivity index (χ3n) is 5.08. The van der Waals surface area contributed by atoms with Crippen LogP contribution in [0.15, 0.2) is 17.0 Å². The summed E-state index contributed by atoms with van der Waals surface area (Å²) in [4.78, 5) is 22.8. The summed E-state index contributed by atoms with van der Waals surface area (Å²) in [6, 6.07) is 3.51. The molecule has 0 heterocycles. The zero-order chi connectivity index (χ0) is 26.2. The molecule has 0 radical (unpaired) electrons. The predicted octanol–water partition coefficient (Wildman–Crippen LogP) is 5.28. The van der Waals surface area contributed by atoms with E-state index in [0.29, 0.717) is 22.0 Å². The van der Waals surface area contributed by atoms with Gasteiger partial charge in [-0.3, -0.25) is 4.79 Å². The van der Waals surface area contributed by atoms with Crippen molar-refractivity contribution in [3.05, 3.63) is 51.7 Å². The van der Waals surface area contributed by atoms with Gasteiger partial charge in [-0.05, 0) is 106 Å². The molecule has 2 unspecified atom stereocenters. The quantitative estimate of drug-likeness (QED) is 0.101. The van der Waals surface area contributed by atoms with Gasteiger partial charge in [0.25, 0.3) is 0 Å². The molecule has 35 heavy (non-hydrogen) atoms. The van der Waals surface area contributed by atoms with Crippen molar-refractivity contribution in [3.63, 3.8) is 0 Å². The Morgan fingerprint density at radius 3 is 2.14 bits per heavy atom. The Morgan fingerprint density at radius 1 is 0.971 bits per heavy atom. The van der Waals surface area contributed by atoms with Gasteiger partial charge >= 0.3 is 11.9 Å². The summed E-state index contributed by atoms with van der Waals surface area (Å²) in [5, 5.41) is 0. The Kier molecular flexibility index (Phi) is 9.29. The molecule has 0 amide bonds. The highest BCUT2D eigenvalue weighted by atomic mass is 127. The van der Waals surface area contributed by atoms with Crippen LogP contribution in [0.5, 0.6) is 5.75 Å². The first-order valence-corrected chi connectivity index (χ1v) is 14.3. The van der Waals surface area contributed by atoms with E-state index in [2.05, 4.69) is 27.3 Å². The van der Waals surface area contributed by atoms with E-state index >= 15 is 0 Å². The fourth-order valence-corrected chi connectivity index (χ4v) is 6.46. The molecule has 7 nitrogen and oxygen atoms in total. The molecular formula is C20H12F4I3O7S-. The van der Waals surface area contributed by atoms with Gasteiger partial charge in [-0.25, -0.2) is 22.0 Å². The Morgan fingerprint density at radius 2 is 1.57 bits per heavy atom. The van der Waals surface area contributed by atoms with Crippen LogP contribution in [0.4, 0.5) is 17.6 Å². The number of esters is 2. The van der Waals surface area contributed by atoms with Gasteiger partial charge in [0.15, 0.2) is 11.6 Å². The molecule has 0 aliphatic heterocycles. The van der Waals surface area contributed by atoms with Crippen molar-refractivity contribution in [1.29, 1.82) is 0 Å². The van der Waals surface area contributed by atoms with Crippen LogP contribution in [0.2, 0.25) is 0 Å². The molecule has 15 heteroatoms. The molecule has 0 spiro atoms. The topological polar surface area (TPSA) is 110 Å². The lowest BCUT2D eigenvalue weighted by Gasteiger charge is -2.28. The minimum absolute atomic E-state index is 0.0800. The normalized spacial score (nSPS) is 18.3. The van der Waals surface area contributed by atoms with Gasteiger partial charge in [0.05, 0.1) is 11.5 Å². The van der Waals surface area contributed by atoms with Gasteiger partial charge in [0.2, 0.25) is 17.4 Å². The van der Waals surface area contributed by atoms with Gasteiger partial charge in [-0.15, -0.1) is 0 Å². The van der Waals surface area contributed by atoms with E-state index in [1.807, 2.05) is 51.2 Å². The van der Waals surface area contributed by atoms with Crippen molar-refractivity contribution in [2.45, 2.75) is 36.7 Å². The fraction of sp³-hybridized carbons (Fsp3) is 0.300. The van der Waals surface area contributed by atoms with E-state index < -0.39 is 68.0 Å². The summed E-state index contributed by atoms with van der Waals surface area (Å²) in [5.41, 5.74) is 0.329. The third kappa shape index (κ3) is 6.38. The molecule has 0 saturated heterocycles. The van der Waals surface area contributed by atoms with Crippen LogP contribution in [0.1, 0.15) is 36.0 Å². The maximum Gasteiger partial charge on any atom is 0.339 e. The third-order valence-corrected chi connectivity index (χ3v) is 9.61. The number of carbonyl (C=O) groups is 2. The van der Waals surface area contributed by atoms with Crippen LogP contribution >= 0.6 is 67.8 Å². The largest absolute Gasteiger partial charge is 0.744 e. The van der Waals surface area contributed by atoms with E-state index in [1.54, 1.807) is 6.07 Å². The second kappa shape index (κ2) is 11.3. The highest BCUT2D eigenvalue weighted by Gasteiger charge is 2.35. The summed E-state index contributed by atoms with van der Waals surface area (Å²) in [6.07, 6.45) is 0.127. The fourth-order valence-electron chi connectivity index (χ4n) is 3.47. The summed E-state index contributed by atoms with van der Waals surface area (Å²) in [5.74, 6) is -14.4. The molecule has 1 fully saturated rings. The first-order valence-electron chi connectivity index (χ1n) is 9.61. The molecule has 2 aromatic rings. The van der Waals surface area contributed by atoms with Crippen molar-refractivity contribution in [3.8, 4) is 5.75 Å². The van der Waals surface area contributed by atoms with Crippen molar-refractivity contribution >= 4 is 89.8 Å². The van der Waals surface area contributed by atoms with E-state index in [0.717, 1.165) is 7.14 Å². The number of ether oxygens (including phenoxy) is 2. The lowest BCUT2D eigenvalue weighted by molar-refractivity contribution is -0.142. The highest BCUT2D eigenvalue weighted by Crippen LogP contribution is 2.35. The first kappa shape index (κ1) is 28.8. The lowest BCUT2D eigenvalue weighted by Crippen LogP contribution is -2.32. The van der Waals surface area contributed by atoms with Gasteiger partial charge in [-0.1, -0.05) is 0 Å². The Bertz CT molecular complexity index is 1290. The Labute approximate surface area is 237 Å². The van der Waals surface area contributed by atoms with Crippen molar-refractivity contribution in [2.75, 3.05) is 0 Å². The van der Waals surface area contributed by atoms with E-state index in [4.69, 9.17) is 4.74 Å². The van der Waals surface area contributed by atoms with Gasteiger partial charge in [-0.2, -0.15) is 8.78 Å². The number of halogens is 7. The minimum atomic E-state index is -5.90. The second-order valence-electron chi connectivity index (χ2n) is 7.43. The van der Waals surface area contributed by atoms with Gasteiger partial charge in [0.1, 0.15) is 21.1 Å². The van der Waals surface area contributed by atoms with Crippen molar-refractivity contribution in [2.24, 2.45) is 5.92 Å². The van der Waals surface area contributed by atoms with Crippen molar-refractivity contribution in [1.82, 2.24) is 0 Å². The van der Waals surface area contributed by atoms with Crippen molar-refractivity contribution < 1.29 is 49.6 Å². The van der Waals surface area contributed by atoms with Gasteiger partial charge < -0.3 is 14.0 Å². The molecular weight excluding hydrogens is 841 g/mol. The second-order valence-corrected chi connectivity index (χ2v) is 12.2. The molecule has 1 aliphatic carbocycles. The summed E-state index contributed by atoms with van der Waals surface area (Å²) < 4.78 is 101. The number of hydrogen-bond donors (Lipinski definition) is 0. The number of hydrogen-bond acceptors (Lipinski definition) is 7. The van der Waals surface area contributed by atoms with Crippen LogP contribution < -0.4 is 4.74 Å². The summed E-state index contributed by atoms with van der Waals surface area (Å²) >= 11 is 6.12. The van der Waals surface area contributed by atoms with Gasteiger partial charge in [0, 0.05) is 10.7 Å². The van der Waals surface area contributed by atoms with Crippen LogP contribution in [0, 0.1) is 39.9 Å². The molecule has 2 atom stereocenters. The van der Waals surface area contributed by atoms with Crippen LogP contribution in [-0.2, 0) is 19.6 Å². The molecule has 190 valence electrons. The zero-order valence-corrected chi connectivity index (χ0v) is 24.3. The number of benzene rings is 2. The molecule has 1 aliphatic rings. The predicted molar refractivity (Wildman–Crippen MR) is 136 cm³/mol. The zero-order valence-electron chi connectivity index (χ0n) is 17.0. The summed E-state index contributed by atoms with van der Waals surface area (Å²) in [7, 11) is -5.90. The average Bonchev–Trinajstić information content (AvgIpc) is 2.77. The molecule has 0 N–H and O–H groups in total. The first-order chi connectivity index (χ1) is 16.2. The SMILES string of the molecule is O=C(OC1CCCC(C(=O)Oc2c(F)c(F)c(S(=O)(=O)[O-])c(F)c2F)C1)c1cc(I)cc(I)c1I. The molecule has 3 rings (SSSR count). The summed E-state index contributed by atoms with van der Waals surface area (Å²) in [6.45, 7) is 0. The maximum atomic E-state index is 14.2. The Hall–Kier alpha value is -0.800. The molecule has 0 aromatic heterocycles. The maximum absolute atomic E-state index is 14.2. The number of rotatable bonds is 5. The van der Waals surface area contributed by atoms with Crippen LogP contribution in [-0.4, -0.2) is 31.0 Å². The average molecular weight is 853 g/mol. The Balaban J connectivity index is 1.77. The smallest absolute Gasteiger partial charge is 0.339 e. The molecule has 0 bridgehead atoms. The molecule has 2 aromatic carbocycles. The molecule has 1 saturated carbocycles. The van der Waals surface area contributed by atoms with E-state index in [1.165, 1.54) is 0 Å².